The second-order valence-electron chi connectivity index (χ2n) is 4.72. The normalized spacial score (nSPS) is 11.1. The first-order valence-electron chi connectivity index (χ1n) is 6.71. The number of non-ortho nitro benzene ring substituents is 1. The molecule has 1 aromatic carbocycles. The number of benzene rings is 1. The van der Waals surface area contributed by atoms with E-state index < -0.39 is 33.3 Å². The Morgan fingerprint density at radius 2 is 2.12 bits per heavy atom. The summed E-state index contributed by atoms with van der Waals surface area (Å²) in [6.45, 7) is 3.33. The van der Waals surface area contributed by atoms with Crippen LogP contribution in [-0.4, -0.2) is 21.6 Å². The number of nitro groups is 1. The van der Waals surface area contributed by atoms with Gasteiger partial charge in [-0.3, -0.25) is 19.5 Å². The minimum absolute atomic E-state index is 0.0380. The molecule has 1 heterocycles. The number of nitro benzene ring substituents is 1. The molecular weight excluding hydrogens is 381 g/mol. The molecule has 0 bridgehead atoms. The zero-order chi connectivity index (χ0) is 19.6. The topological polar surface area (TPSA) is 99.3 Å². The third kappa shape index (κ3) is 3.61. The molecule has 12 heteroatoms. The highest BCUT2D eigenvalue weighted by atomic mass is 35.5. The number of aromatic nitrogens is 2. The van der Waals surface area contributed by atoms with Crippen molar-refractivity contribution in [1.82, 2.24) is 9.55 Å². The SMILES string of the molecule is C=Cn1c(Nc2ccc([N+](=O)[O-])cc2OC)nc(C(F)(F)F)c(Cl)c1=O. The molecule has 8 nitrogen and oxygen atoms in total. The standard InChI is InChI=1S/C14H10ClF3N4O4/c1-3-21-12(23)10(15)11(14(16,17)18)20-13(21)19-8-5-4-7(22(24)25)6-9(8)26-2/h3-6H,1H2,2H3,(H,19,20). The van der Waals surface area contributed by atoms with Crippen LogP contribution in [0, 0.1) is 10.1 Å². The molecule has 0 amide bonds. The number of hydrogen-bond acceptors (Lipinski definition) is 6. The Morgan fingerprint density at radius 3 is 2.62 bits per heavy atom. The van der Waals surface area contributed by atoms with Gasteiger partial charge in [0.25, 0.3) is 11.2 Å². The lowest BCUT2D eigenvalue weighted by atomic mass is 10.2. The highest BCUT2D eigenvalue weighted by Crippen LogP contribution is 2.34. The number of nitrogens with zero attached hydrogens (tertiary/aromatic N) is 3. The molecule has 1 aromatic heterocycles. The third-order valence-electron chi connectivity index (χ3n) is 3.15. The lowest BCUT2D eigenvalue weighted by Crippen LogP contribution is -2.25. The fourth-order valence-electron chi connectivity index (χ4n) is 1.97. The first kappa shape index (κ1) is 19.2. The van der Waals surface area contributed by atoms with E-state index in [1.165, 1.54) is 13.2 Å². The molecule has 0 saturated carbocycles. The Balaban J connectivity index is 2.63. The van der Waals surface area contributed by atoms with Crippen molar-refractivity contribution in [2.45, 2.75) is 6.18 Å². The lowest BCUT2D eigenvalue weighted by molar-refractivity contribution is -0.384. The monoisotopic (exact) mass is 390 g/mol. The fraction of sp³-hybridized carbons (Fsp3) is 0.143. The lowest BCUT2D eigenvalue weighted by Gasteiger charge is -2.16. The number of ether oxygens (including phenoxy) is 1. The van der Waals surface area contributed by atoms with E-state index >= 15 is 0 Å². The minimum atomic E-state index is -4.97. The van der Waals surface area contributed by atoms with Gasteiger partial charge in [0.2, 0.25) is 5.95 Å². The molecule has 0 radical (unpaired) electrons. The van der Waals surface area contributed by atoms with Crippen LogP contribution in [0.15, 0.2) is 29.6 Å². The Hall–Kier alpha value is -3.08. The number of anilines is 2. The fourth-order valence-corrected chi connectivity index (χ4v) is 2.22. The van der Waals surface area contributed by atoms with Crippen molar-refractivity contribution in [3.63, 3.8) is 0 Å². The number of methoxy groups -OCH3 is 1. The summed E-state index contributed by atoms with van der Waals surface area (Å²) in [7, 11) is 1.21. The van der Waals surface area contributed by atoms with Crippen LogP contribution in [0.25, 0.3) is 6.20 Å². The first-order chi connectivity index (χ1) is 12.1. The van der Waals surface area contributed by atoms with E-state index in [9.17, 15) is 28.1 Å². The summed E-state index contributed by atoms with van der Waals surface area (Å²) in [4.78, 5) is 25.5. The van der Waals surface area contributed by atoms with Crippen LogP contribution >= 0.6 is 11.6 Å². The van der Waals surface area contributed by atoms with Crippen LogP contribution < -0.4 is 15.6 Å². The maximum Gasteiger partial charge on any atom is 0.435 e. The molecule has 0 atom stereocenters. The predicted octanol–water partition coefficient (Wildman–Crippen LogP) is 3.68. The number of hydrogen-bond donors (Lipinski definition) is 1. The van der Waals surface area contributed by atoms with Crippen molar-refractivity contribution in [2.75, 3.05) is 12.4 Å². The second-order valence-corrected chi connectivity index (χ2v) is 5.10. The van der Waals surface area contributed by atoms with Gasteiger partial charge in [0.15, 0.2) is 5.69 Å². The first-order valence-corrected chi connectivity index (χ1v) is 7.09. The maximum absolute atomic E-state index is 13.0. The third-order valence-corrected chi connectivity index (χ3v) is 3.49. The molecule has 0 spiro atoms. The molecular formula is C14H10ClF3N4O4. The van der Waals surface area contributed by atoms with Crippen molar-refractivity contribution >= 4 is 35.1 Å². The molecule has 2 rings (SSSR count). The zero-order valence-electron chi connectivity index (χ0n) is 13.0. The van der Waals surface area contributed by atoms with Gasteiger partial charge in [0.1, 0.15) is 10.8 Å². The molecule has 0 unspecified atom stereocenters. The van der Waals surface area contributed by atoms with E-state index in [1.807, 2.05) is 0 Å². The van der Waals surface area contributed by atoms with Gasteiger partial charge in [0, 0.05) is 12.3 Å². The molecule has 26 heavy (non-hydrogen) atoms. The second kappa shape index (κ2) is 7.04. The molecule has 0 aliphatic carbocycles. The molecule has 2 aromatic rings. The van der Waals surface area contributed by atoms with Crippen LogP contribution in [0.1, 0.15) is 5.69 Å². The van der Waals surface area contributed by atoms with E-state index in [2.05, 4.69) is 16.9 Å². The van der Waals surface area contributed by atoms with Crippen LogP contribution in [0.5, 0.6) is 5.75 Å². The maximum atomic E-state index is 13.0. The van der Waals surface area contributed by atoms with E-state index in [0.717, 1.165) is 18.3 Å². The van der Waals surface area contributed by atoms with Gasteiger partial charge in [-0.1, -0.05) is 18.2 Å². The molecule has 0 fully saturated rings. The summed E-state index contributed by atoms with van der Waals surface area (Å²) in [6.07, 6.45) is -4.05. The van der Waals surface area contributed by atoms with Crippen LogP contribution in [-0.2, 0) is 6.18 Å². The van der Waals surface area contributed by atoms with Crippen molar-refractivity contribution < 1.29 is 22.8 Å². The molecule has 138 valence electrons. The zero-order valence-corrected chi connectivity index (χ0v) is 13.8. The van der Waals surface area contributed by atoms with E-state index in [4.69, 9.17) is 16.3 Å². The highest BCUT2D eigenvalue weighted by Gasteiger charge is 2.38. The average molecular weight is 391 g/mol. The molecule has 1 N–H and O–H groups in total. The van der Waals surface area contributed by atoms with Crippen molar-refractivity contribution in [3.8, 4) is 5.75 Å². The summed E-state index contributed by atoms with van der Waals surface area (Å²) >= 11 is 5.46. The number of nitrogens with one attached hydrogen (secondary N) is 1. The van der Waals surface area contributed by atoms with Crippen LogP contribution in [0.3, 0.4) is 0 Å². The van der Waals surface area contributed by atoms with Crippen LogP contribution in [0.4, 0.5) is 30.5 Å². The summed E-state index contributed by atoms with van der Waals surface area (Å²) in [5.74, 6) is -0.596. The molecule has 0 aliphatic heterocycles. The average Bonchev–Trinajstić information content (AvgIpc) is 2.57. The predicted molar refractivity (Wildman–Crippen MR) is 87.8 cm³/mol. The van der Waals surface area contributed by atoms with Gasteiger partial charge in [0.05, 0.1) is 23.8 Å². The quantitative estimate of drug-likeness (QED) is 0.617. The largest absolute Gasteiger partial charge is 0.494 e. The van der Waals surface area contributed by atoms with Crippen molar-refractivity contribution in [3.05, 3.63) is 56.0 Å². The number of rotatable bonds is 5. The van der Waals surface area contributed by atoms with Gasteiger partial charge in [-0.2, -0.15) is 13.2 Å². The minimum Gasteiger partial charge on any atom is -0.494 e. The Morgan fingerprint density at radius 1 is 1.46 bits per heavy atom. The Kier molecular flexibility index (Phi) is 5.21. The van der Waals surface area contributed by atoms with E-state index in [1.54, 1.807) is 0 Å². The van der Waals surface area contributed by atoms with Crippen LogP contribution in [0.2, 0.25) is 5.02 Å². The molecule has 0 saturated heterocycles. The summed E-state index contributed by atoms with van der Waals surface area (Å²) < 4.78 is 44.7. The Bertz CT molecular complexity index is 943. The summed E-state index contributed by atoms with van der Waals surface area (Å²) in [5, 5.41) is 12.1. The van der Waals surface area contributed by atoms with Gasteiger partial charge in [-0.25, -0.2) is 4.98 Å². The Labute approximate surface area is 148 Å². The van der Waals surface area contributed by atoms with E-state index in [0.29, 0.717) is 4.57 Å². The summed E-state index contributed by atoms with van der Waals surface area (Å²) in [6, 6.07) is 3.35. The molecule has 0 aliphatic rings. The smallest absolute Gasteiger partial charge is 0.435 e. The number of alkyl halides is 3. The van der Waals surface area contributed by atoms with E-state index in [-0.39, 0.29) is 17.1 Å². The highest BCUT2D eigenvalue weighted by molar-refractivity contribution is 6.31. The van der Waals surface area contributed by atoms with Gasteiger partial charge >= 0.3 is 6.18 Å². The van der Waals surface area contributed by atoms with Crippen molar-refractivity contribution in [1.29, 1.82) is 0 Å². The van der Waals surface area contributed by atoms with Gasteiger partial charge in [-0.05, 0) is 6.07 Å². The number of halogens is 4. The summed E-state index contributed by atoms with van der Waals surface area (Å²) in [5.41, 5.74) is -3.03. The van der Waals surface area contributed by atoms with Crippen molar-refractivity contribution in [2.24, 2.45) is 0 Å². The van der Waals surface area contributed by atoms with Gasteiger partial charge in [-0.15, -0.1) is 0 Å². The van der Waals surface area contributed by atoms with Gasteiger partial charge < -0.3 is 10.1 Å².